The van der Waals surface area contributed by atoms with Gasteiger partial charge in [0.25, 0.3) is 11.8 Å². The molecule has 1 aromatic carbocycles. The number of aryl methyl sites for hydroxylation is 1. The van der Waals surface area contributed by atoms with E-state index < -0.39 is 0 Å². The van der Waals surface area contributed by atoms with Crippen LogP contribution < -0.4 is 4.90 Å². The molecule has 3 rings (SSSR count). The van der Waals surface area contributed by atoms with E-state index >= 15 is 0 Å². The van der Waals surface area contributed by atoms with Crippen molar-refractivity contribution in [1.82, 2.24) is 4.98 Å². The smallest absolute Gasteiger partial charge is 0.267 e. The van der Waals surface area contributed by atoms with Gasteiger partial charge in [0.1, 0.15) is 0 Å². The number of carbonyl (C=O) groups excluding carboxylic acids is 2. The molecule has 19 heavy (non-hydrogen) atoms. The number of imide groups is 1. The van der Waals surface area contributed by atoms with E-state index in [1.54, 1.807) is 12.1 Å². The van der Waals surface area contributed by atoms with Crippen LogP contribution in [0.2, 0.25) is 0 Å². The summed E-state index contributed by atoms with van der Waals surface area (Å²) in [5.74, 6) is -0.649. The standard InChI is InChI=1S/C14H9BrN2O2/c1-8-2-3-12(11(15)6-8)17-13(18)9-4-5-16-7-10(9)14(17)19/h2-7H,1H3. The van der Waals surface area contributed by atoms with E-state index in [2.05, 4.69) is 20.9 Å². The molecule has 0 saturated heterocycles. The fraction of sp³-hybridized carbons (Fsp3) is 0.0714. The Morgan fingerprint density at radius 1 is 1.11 bits per heavy atom. The van der Waals surface area contributed by atoms with Crippen molar-refractivity contribution in [1.29, 1.82) is 0 Å². The lowest BCUT2D eigenvalue weighted by Crippen LogP contribution is -2.29. The van der Waals surface area contributed by atoms with E-state index in [1.807, 2.05) is 19.1 Å². The molecule has 0 aliphatic carbocycles. The van der Waals surface area contributed by atoms with Crippen LogP contribution >= 0.6 is 15.9 Å². The average molecular weight is 317 g/mol. The van der Waals surface area contributed by atoms with Crippen LogP contribution in [0.4, 0.5) is 5.69 Å². The van der Waals surface area contributed by atoms with Gasteiger partial charge in [0.2, 0.25) is 0 Å². The zero-order valence-corrected chi connectivity index (χ0v) is 11.6. The molecule has 0 atom stereocenters. The minimum Gasteiger partial charge on any atom is -0.268 e. The Labute approximate surface area is 118 Å². The normalized spacial score (nSPS) is 13.9. The molecular weight excluding hydrogens is 308 g/mol. The van der Waals surface area contributed by atoms with E-state index in [1.165, 1.54) is 17.3 Å². The number of amides is 2. The Balaban J connectivity index is 2.14. The molecule has 2 amide bonds. The largest absolute Gasteiger partial charge is 0.268 e. The predicted molar refractivity (Wildman–Crippen MR) is 74.3 cm³/mol. The summed E-state index contributed by atoms with van der Waals surface area (Å²) in [6.45, 7) is 1.95. The maximum atomic E-state index is 12.3. The van der Waals surface area contributed by atoms with E-state index in [0.717, 1.165) is 10.0 Å². The summed E-state index contributed by atoms with van der Waals surface area (Å²) in [6, 6.07) is 7.06. The van der Waals surface area contributed by atoms with Crippen molar-refractivity contribution in [2.75, 3.05) is 4.90 Å². The monoisotopic (exact) mass is 316 g/mol. The summed E-state index contributed by atoms with van der Waals surface area (Å²) in [5, 5.41) is 0. The quantitative estimate of drug-likeness (QED) is 0.760. The molecule has 1 aromatic heterocycles. The van der Waals surface area contributed by atoms with Crippen LogP contribution in [0.1, 0.15) is 26.3 Å². The third-order valence-electron chi connectivity index (χ3n) is 3.03. The van der Waals surface area contributed by atoms with Crippen molar-refractivity contribution in [2.45, 2.75) is 6.92 Å². The lowest BCUT2D eigenvalue weighted by Gasteiger charge is -2.15. The first-order chi connectivity index (χ1) is 9.09. The van der Waals surface area contributed by atoms with Gasteiger partial charge in [-0.3, -0.25) is 14.6 Å². The van der Waals surface area contributed by atoms with Gasteiger partial charge in [-0.05, 0) is 46.6 Å². The summed E-state index contributed by atoms with van der Waals surface area (Å²) in [6.07, 6.45) is 2.94. The van der Waals surface area contributed by atoms with Crippen LogP contribution in [0.25, 0.3) is 0 Å². The first-order valence-electron chi connectivity index (χ1n) is 5.68. The minimum absolute atomic E-state index is 0.313. The molecule has 2 heterocycles. The topological polar surface area (TPSA) is 50.3 Å². The maximum absolute atomic E-state index is 12.3. The van der Waals surface area contributed by atoms with Crippen LogP contribution in [0.5, 0.6) is 0 Å². The molecule has 94 valence electrons. The lowest BCUT2D eigenvalue weighted by molar-refractivity contribution is 0.0926. The van der Waals surface area contributed by atoms with Gasteiger partial charge in [0.15, 0.2) is 0 Å². The molecule has 0 fully saturated rings. The predicted octanol–water partition coefficient (Wildman–Crippen LogP) is 2.95. The fourth-order valence-electron chi connectivity index (χ4n) is 2.10. The highest BCUT2D eigenvalue weighted by atomic mass is 79.9. The number of carbonyl (C=O) groups is 2. The number of benzene rings is 1. The van der Waals surface area contributed by atoms with Gasteiger partial charge >= 0.3 is 0 Å². The van der Waals surface area contributed by atoms with Crippen molar-refractivity contribution >= 4 is 33.4 Å². The second-order valence-corrected chi connectivity index (χ2v) is 5.18. The number of halogens is 1. The van der Waals surface area contributed by atoms with Crippen LogP contribution in [-0.2, 0) is 0 Å². The second-order valence-electron chi connectivity index (χ2n) is 4.32. The number of pyridine rings is 1. The van der Waals surface area contributed by atoms with Gasteiger partial charge in [-0.2, -0.15) is 0 Å². The molecule has 2 aromatic rings. The van der Waals surface area contributed by atoms with E-state index in [4.69, 9.17) is 0 Å². The van der Waals surface area contributed by atoms with Crippen molar-refractivity contribution in [3.63, 3.8) is 0 Å². The van der Waals surface area contributed by atoms with Crippen molar-refractivity contribution in [3.8, 4) is 0 Å². The Morgan fingerprint density at radius 3 is 2.53 bits per heavy atom. The van der Waals surface area contributed by atoms with E-state index in [0.29, 0.717) is 16.8 Å². The Bertz CT molecular complexity index is 677. The third kappa shape index (κ3) is 1.77. The Kier molecular flexibility index (Phi) is 2.71. The van der Waals surface area contributed by atoms with Gasteiger partial charge in [-0.25, -0.2) is 4.90 Å². The molecule has 1 aliphatic rings. The maximum Gasteiger partial charge on any atom is 0.267 e. The summed E-state index contributed by atoms with van der Waals surface area (Å²) in [4.78, 5) is 29.7. The molecule has 0 unspecified atom stereocenters. The van der Waals surface area contributed by atoms with Crippen LogP contribution in [0.3, 0.4) is 0 Å². The number of hydrogen-bond acceptors (Lipinski definition) is 3. The molecule has 0 spiro atoms. The Hall–Kier alpha value is -2.01. The molecular formula is C14H9BrN2O2. The second kappa shape index (κ2) is 4.28. The van der Waals surface area contributed by atoms with Gasteiger partial charge in [-0.15, -0.1) is 0 Å². The molecule has 0 saturated carbocycles. The SMILES string of the molecule is Cc1ccc(N2C(=O)c3ccncc3C2=O)c(Br)c1. The van der Waals surface area contributed by atoms with Crippen molar-refractivity contribution in [2.24, 2.45) is 0 Å². The van der Waals surface area contributed by atoms with Gasteiger partial charge < -0.3 is 0 Å². The zero-order valence-electron chi connectivity index (χ0n) is 10.1. The minimum atomic E-state index is -0.336. The summed E-state index contributed by atoms with van der Waals surface area (Å²) >= 11 is 3.40. The van der Waals surface area contributed by atoms with Crippen molar-refractivity contribution < 1.29 is 9.59 Å². The number of rotatable bonds is 1. The van der Waals surface area contributed by atoms with E-state index in [9.17, 15) is 9.59 Å². The Morgan fingerprint density at radius 2 is 1.84 bits per heavy atom. The molecule has 4 nitrogen and oxygen atoms in total. The summed E-state index contributed by atoms with van der Waals surface area (Å²) < 4.78 is 0.718. The first kappa shape index (κ1) is 12.0. The number of hydrogen-bond donors (Lipinski definition) is 0. The number of anilines is 1. The fourth-order valence-corrected chi connectivity index (χ4v) is 2.77. The van der Waals surface area contributed by atoms with Crippen LogP contribution in [0, 0.1) is 6.92 Å². The lowest BCUT2D eigenvalue weighted by atomic mass is 10.2. The van der Waals surface area contributed by atoms with Gasteiger partial charge in [0, 0.05) is 16.9 Å². The summed E-state index contributed by atoms with van der Waals surface area (Å²) in [7, 11) is 0. The average Bonchev–Trinajstić information content (AvgIpc) is 2.64. The zero-order chi connectivity index (χ0) is 13.6. The molecule has 0 bridgehead atoms. The highest BCUT2D eigenvalue weighted by Crippen LogP contribution is 2.33. The van der Waals surface area contributed by atoms with Crippen LogP contribution in [0.15, 0.2) is 41.1 Å². The number of aromatic nitrogens is 1. The highest BCUT2D eigenvalue weighted by Gasteiger charge is 2.37. The van der Waals surface area contributed by atoms with Gasteiger partial charge in [-0.1, -0.05) is 6.07 Å². The molecule has 0 radical (unpaired) electrons. The van der Waals surface area contributed by atoms with Gasteiger partial charge in [0.05, 0.1) is 16.8 Å². The first-order valence-corrected chi connectivity index (χ1v) is 6.48. The van der Waals surface area contributed by atoms with E-state index in [-0.39, 0.29) is 11.8 Å². The number of fused-ring (bicyclic) bond motifs is 1. The summed E-state index contributed by atoms with van der Waals surface area (Å²) in [5.41, 5.74) is 2.35. The highest BCUT2D eigenvalue weighted by molar-refractivity contribution is 9.10. The third-order valence-corrected chi connectivity index (χ3v) is 3.67. The molecule has 1 aliphatic heterocycles. The molecule has 5 heteroatoms. The molecule has 0 N–H and O–H groups in total. The number of nitrogens with zero attached hydrogens (tertiary/aromatic N) is 2. The van der Waals surface area contributed by atoms with Crippen molar-refractivity contribution in [3.05, 3.63) is 57.8 Å². The van der Waals surface area contributed by atoms with Crippen LogP contribution in [-0.4, -0.2) is 16.8 Å².